The van der Waals surface area contributed by atoms with E-state index in [0.29, 0.717) is 0 Å². The lowest BCUT2D eigenvalue weighted by molar-refractivity contribution is 0.281. The molecule has 0 aliphatic heterocycles. The summed E-state index contributed by atoms with van der Waals surface area (Å²) in [4.78, 5) is 0. The largest absolute Gasteiger partial charge is 0.457 e. The zero-order valence-electron chi connectivity index (χ0n) is 10.4. The van der Waals surface area contributed by atoms with Crippen molar-refractivity contribution < 1.29 is 9.84 Å². The summed E-state index contributed by atoms with van der Waals surface area (Å²) in [5.41, 5.74) is 3.12. The fraction of sp³-hybridized carbons (Fsp3) is 0.200. The van der Waals surface area contributed by atoms with E-state index in [1.165, 1.54) is 5.56 Å². The first kappa shape index (κ1) is 13.1. The van der Waals surface area contributed by atoms with Crippen molar-refractivity contribution in [3.63, 3.8) is 0 Å². The van der Waals surface area contributed by atoms with E-state index in [-0.39, 0.29) is 6.61 Å². The van der Waals surface area contributed by atoms with Crippen LogP contribution in [0.4, 0.5) is 0 Å². The van der Waals surface area contributed by atoms with Gasteiger partial charge in [-0.05, 0) is 48.7 Å². The normalized spacial score (nSPS) is 10.4. The molecule has 0 amide bonds. The van der Waals surface area contributed by atoms with E-state index < -0.39 is 0 Å². The van der Waals surface area contributed by atoms with Crippen LogP contribution in [0, 0.1) is 13.8 Å². The maximum atomic E-state index is 9.11. The summed E-state index contributed by atoms with van der Waals surface area (Å²) >= 11 is 3.41. The van der Waals surface area contributed by atoms with Gasteiger partial charge in [0.2, 0.25) is 0 Å². The van der Waals surface area contributed by atoms with Crippen molar-refractivity contribution in [2.24, 2.45) is 0 Å². The van der Waals surface area contributed by atoms with Gasteiger partial charge in [-0.15, -0.1) is 0 Å². The summed E-state index contributed by atoms with van der Waals surface area (Å²) < 4.78 is 6.71. The number of aliphatic hydroxyl groups excluding tert-OH is 1. The van der Waals surface area contributed by atoms with Gasteiger partial charge in [-0.3, -0.25) is 0 Å². The van der Waals surface area contributed by atoms with Crippen molar-refractivity contribution in [3.05, 3.63) is 57.6 Å². The van der Waals surface area contributed by atoms with Crippen molar-refractivity contribution in [2.45, 2.75) is 20.5 Å². The van der Waals surface area contributed by atoms with Gasteiger partial charge in [-0.2, -0.15) is 0 Å². The highest BCUT2D eigenvalue weighted by atomic mass is 79.9. The molecular weight excluding hydrogens is 292 g/mol. The number of rotatable bonds is 3. The molecule has 0 radical (unpaired) electrons. The van der Waals surface area contributed by atoms with Gasteiger partial charge in [0.15, 0.2) is 0 Å². The van der Waals surface area contributed by atoms with E-state index in [0.717, 1.165) is 27.1 Å². The molecule has 0 saturated heterocycles. The van der Waals surface area contributed by atoms with Crippen LogP contribution in [0.25, 0.3) is 0 Å². The molecule has 0 saturated carbocycles. The molecule has 0 fully saturated rings. The average Bonchev–Trinajstić information content (AvgIpc) is 2.34. The number of benzene rings is 2. The molecule has 0 spiro atoms. The van der Waals surface area contributed by atoms with E-state index in [1.54, 1.807) is 0 Å². The van der Waals surface area contributed by atoms with Gasteiger partial charge >= 0.3 is 0 Å². The van der Waals surface area contributed by atoms with E-state index in [2.05, 4.69) is 22.0 Å². The molecule has 0 aliphatic carbocycles. The van der Waals surface area contributed by atoms with Crippen LogP contribution in [0.2, 0.25) is 0 Å². The van der Waals surface area contributed by atoms with Gasteiger partial charge in [-0.1, -0.05) is 34.1 Å². The summed E-state index contributed by atoms with van der Waals surface area (Å²) in [5, 5.41) is 9.11. The van der Waals surface area contributed by atoms with Crippen molar-refractivity contribution in [1.29, 1.82) is 0 Å². The molecule has 2 rings (SSSR count). The third-order valence-corrected chi connectivity index (χ3v) is 3.50. The van der Waals surface area contributed by atoms with Crippen LogP contribution in [0.5, 0.6) is 11.5 Å². The Bertz CT molecular complexity index is 564. The second-order valence-corrected chi connectivity index (χ2v) is 5.14. The van der Waals surface area contributed by atoms with Crippen LogP contribution >= 0.6 is 15.9 Å². The third-order valence-electron chi connectivity index (χ3n) is 2.77. The number of ether oxygens (including phenoxy) is 1. The topological polar surface area (TPSA) is 29.5 Å². The molecule has 0 atom stereocenters. The Morgan fingerprint density at radius 3 is 2.56 bits per heavy atom. The molecule has 2 aromatic carbocycles. The first-order valence-corrected chi connectivity index (χ1v) is 6.54. The monoisotopic (exact) mass is 306 g/mol. The van der Waals surface area contributed by atoms with Crippen molar-refractivity contribution in [1.82, 2.24) is 0 Å². The van der Waals surface area contributed by atoms with E-state index >= 15 is 0 Å². The molecule has 0 unspecified atom stereocenters. The van der Waals surface area contributed by atoms with Crippen LogP contribution in [-0.4, -0.2) is 5.11 Å². The molecule has 3 heteroatoms. The van der Waals surface area contributed by atoms with Crippen LogP contribution in [-0.2, 0) is 6.61 Å². The second-order valence-electron chi connectivity index (χ2n) is 4.28. The Kier molecular flexibility index (Phi) is 4.04. The molecule has 0 aromatic heterocycles. The zero-order chi connectivity index (χ0) is 13.1. The molecule has 0 bridgehead atoms. The molecule has 18 heavy (non-hydrogen) atoms. The second kappa shape index (κ2) is 5.55. The Morgan fingerprint density at radius 2 is 1.89 bits per heavy atom. The molecular formula is C15H15BrO2. The van der Waals surface area contributed by atoms with Crippen LogP contribution in [0.15, 0.2) is 40.9 Å². The SMILES string of the molecule is Cc1ccc(C)c(Oc2ccc(CO)c(Br)c2)c1. The van der Waals surface area contributed by atoms with E-state index in [1.807, 2.05) is 44.2 Å². The summed E-state index contributed by atoms with van der Waals surface area (Å²) in [6, 6.07) is 11.7. The smallest absolute Gasteiger partial charge is 0.130 e. The minimum absolute atomic E-state index is 0.0182. The summed E-state index contributed by atoms with van der Waals surface area (Å²) in [7, 11) is 0. The molecule has 1 N–H and O–H groups in total. The summed E-state index contributed by atoms with van der Waals surface area (Å²) in [5.74, 6) is 1.62. The summed E-state index contributed by atoms with van der Waals surface area (Å²) in [6.07, 6.45) is 0. The number of aliphatic hydroxyl groups is 1. The Balaban J connectivity index is 2.28. The standard InChI is InChI=1S/C15H15BrO2/c1-10-3-4-11(2)15(7-10)18-13-6-5-12(9-17)14(16)8-13/h3-8,17H,9H2,1-2H3. The van der Waals surface area contributed by atoms with Crippen LogP contribution in [0.3, 0.4) is 0 Å². The zero-order valence-corrected chi connectivity index (χ0v) is 12.0. The minimum Gasteiger partial charge on any atom is -0.457 e. The number of halogens is 1. The first-order valence-electron chi connectivity index (χ1n) is 5.74. The highest BCUT2D eigenvalue weighted by Gasteiger charge is 2.05. The van der Waals surface area contributed by atoms with Crippen LogP contribution < -0.4 is 4.74 Å². The predicted octanol–water partition coefficient (Wildman–Crippen LogP) is 4.35. The fourth-order valence-electron chi connectivity index (χ4n) is 1.66. The van der Waals surface area contributed by atoms with Crippen LogP contribution in [0.1, 0.15) is 16.7 Å². The predicted molar refractivity (Wildman–Crippen MR) is 76.1 cm³/mol. The van der Waals surface area contributed by atoms with E-state index in [9.17, 15) is 0 Å². The van der Waals surface area contributed by atoms with Crippen molar-refractivity contribution in [3.8, 4) is 11.5 Å². The van der Waals surface area contributed by atoms with Gasteiger partial charge in [-0.25, -0.2) is 0 Å². The van der Waals surface area contributed by atoms with Gasteiger partial charge in [0, 0.05) is 4.47 Å². The highest BCUT2D eigenvalue weighted by Crippen LogP contribution is 2.29. The molecule has 94 valence electrons. The van der Waals surface area contributed by atoms with Gasteiger partial charge in [0.05, 0.1) is 6.61 Å². The Labute approximate surface area is 115 Å². The molecule has 0 heterocycles. The summed E-state index contributed by atoms with van der Waals surface area (Å²) in [6.45, 7) is 4.08. The van der Waals surface area contributed by atoms with Gasteiger partial charge < -0.3 is 9.84 Å². The Morgan fingerprint density at radius 1 is 1.11 bits per heavy atom. The Hall–Kier alpha value is -1.32. The highest BCUT2D eigenvalue weighted by molar-refractivity contribution is 9.10. The average molecular weight is 307 g/mol. The van der Waals surface area contributed by atoms with Gasteiger partial charge in [0.1, 0.15) is 11.5 Å². The maximum absolute atomic E-state index is 9.11. The molecule has 2 nitrogen and oxygen atoms in total. The first-order chi connectivity index (χ1) is 8.60. The van der Waals surface area contributed by atoms with Crippen molar-refractivity contribution >= 4 is 15.9 Å². The van der Waals surface area contributed by atoms with Gasteiger partial charge in [0.25, 0.3) is 0 Å². The third kappa shape index (κ3) is 2.92. The lowest BCUT2D eigenvalue weighted by Gasteiger charge is -2.11. The fourth-order valence-corrected chi connectivity index (χ4v) is 2.15. The number of hydrogen-bond donors (Lipinski definition) is 1. The molecule has 0 aliphatic rings. The number of aryl methyl sites for hydroxylation is 2. The quantitative estimate of drug-likeness (QED) is 0.913. The maximum Gasteiger partial charge on any atom is 0.130 e. The number of hydrogen-bond acceptors (Lipinski definition) is 2. The molecule has 2 aromatic rings. The lowest BCUT2D eigenvalue weighted by Crippen LogP contribution is -1.90. The van der Waals surface area contributed by atoms with E-state index in [4.69, 9.17) is 9.84 Å². The minimum atomic E-state index is 0.0182. The van der Waals surface area contributed by atoms with Crippen molar-refractivity contribution in [2.75, 3.05) is 0 Å². The lowest BCUT2D eigenvalue weighted by atomic mass is 10.1.